The maximum absolute atomic E-state index is 12.1. The standard InChI is InChI=1S/C16H13F3O3/c1-10-13(4-3-5-14(10)15(20)21-2)11-6-8-12(9-7-11)22-16(17,18)19/h3-9H,1-2H3. The van der Waals surface area contributed by atoms with Crippen molar-refractivity contribution < 1.29 is 27.4 Å². The molecule has 0 radical (unpaired) electrons. The van der Waals surface area contributed by atoms with Crippen LogP contribution >= 0.6 is 0 Å². The Labute approximate surface area is 125 Å². The second kappa shape index (κ2) is 6.09. The molecule has 0 fully saturated rings. The van der Waals surface area contributed by atoms with Crippen molar-refractivity contribution in [2.45, 2.75) is 13.3 Å². The van der Waals surface area contributed by atoms with Crippen molar-refractivity contribution in [2.24, 2.45) is 0 Å². The summed E-state index contributed by atoms with van der Waals surface area (Å²) >= 11 is 0. The van der Waals surface area contributed by atoms with Crippen LogP contribution in [0.15, 0.2) is 42.5 Å². The second-order valence-corrected chi connectivity index (χ2v) is 4.54. The first-order valence-corrected chi connectivity index (χ1v) is 6.36. The molecule has 0 aliphatic rings. The molecule has 0 heterocycles. The molecule has 3 nitrogen and oxygen atoms in total. The first-order valence-electron chi connectivity index (χ1n) is 6.36. The van der Waals surface area contributed by atoms with E-state index >= 15 is 0 Å². The molecule has 0 saturated heterocycles. The van der Waals surface area contributed by atoms with Crippen molar-refractivity contribution in [3.63, 3.8) is 0 Å². The maximum atomic E-state index is 12.1. The van der Waals surface area contributed by atoms with E-state index in [2.05, 4.69) is 4.74 Å². The number of rotatable bonds is 3. The van der Waals surface area contributed by atoms with E-state index in [0.717, 1.165) is 5.56 Å². The monoisotopic (exact) mass is 310 g/mol. The first kappa shape index (κ1) is 15.9. The minimum Gasteiger partial charge on any atom is -0.465 e. The van der Waals surface area contributed by atoms with E-state index in [0.29, 0.717) is 16.7 Å². The lowest BCUT2D eigenvalue weighted by Gasteiger charge is -2.12. The van der Waals surface area contributed by atoms with E-state index in [9.17, 15) is 18.0 Å². The molecule has 6 heteroatoms. The lowest BCUT2D eigenvalue weighted by molar-refractivity contribution is -0.274. The van der Waals surface area contributed by atoms with Crippen LogP contribution < -0.4 is 4.74 Å². The molecule has 2 aromatic carbocycles. The minimum absolute atomic E-state index is 0.293. The van der Waals surface area contributed by atoms with Gasteiger partial charge in [0.2, 0.25) is 0 Å². The summed E-state index contributed by atoms with van der Waals surface area (Å²) in [6, 6.07) is 10.6. The topological polar surface area (TPSA) is 35.5 Å². The Morgan fingerprint density at radius 2 is 1.68 bits per heavy atom. The van der Waals surface area contributed by atoms with Gasteiger partial charge in [0.05, 0.1) is 12.7 Å². The average molecular weight is 310 g/mol. The number of halogens is 3. The fourth-order valence-electron chi connectivity index (χ4n) is 2.12. The van der Waals surface area contributed by atoms with Crippen molar-refractivity contribution >= 4 is 5.97 Å². The quantitative estimate of drug-likeness (QED) is 0.791. The third-order valence-corrected chi connectivity index (χ3v) is 3.14. The van der Waals surface area contributed by atoms with Gasteiger partial charge in [0.25, 0.3) is 0 Å². The van der Waals surface area contributed by atoms with Crippen LogP contribution in [0.2, 0.25) is 0 Å². The number of hydrogen-bond acceptors (Lipinski definition) is 3. The van der Waals surface area contributed by atoms with Gasteiger partial charge in [-0.3, -0.25) is 0 Å². The molecule has 0 amide bonds. The molecule has 22 heavy (non-hydrogen) atoms. The molecule has 0 aromatic heterocycles. The Kier molecular flexibility index (Phi) is 4.40. The van der Waals surface area contributed by atoms with Crippen LogP contribution in [-0.4, -0.2) is 19.4 Å². The summed E-state index contributed by atoms with van der Waals surface area (Å²) < 4.78 is 44.9. The van der Waals surface area contributed by atoms with Crippen molar-refractivity contribution in [2.75, 3.05) is 7.11 Å². The molecule has 0 N–H and O–H groups in total. The van der Waals surface area contributed by atoms with Gasteiger partial charge in [-0.05, 0) is 41.8 Å². The van der Waals surface area contributed by atoms with Gasteiger partial charge in [-0.2, -0.15) is 0 Å². The highest BCUT2D eigenvalue weighted by Gasteiger charge is 2.31. The first-order chi connectivity index (χ1) is 10.3. The molecular formula is C16H13F3O3. The number of methoxy groups -OCH3 is 1. The van der Waals surface area contributed by atoms with E-state index in [-0.39, 0.29) is 5.75 Å². The molecule has 2 aromatic rings. The number of benzene rings is 2. The molecule has 0 saturated carbocycles. The van der Waals surface area contributed by atoms with Crippen molar-refractivity contribution in [1.82, 2.24) is 0 Å². The van der Waals surface area contributed by atoms with Crippen LogP contribution in [0.3, 0.4) is 0 Å². The van der Waals surface area contributed by atoms with Crippen LogP contribution in [0.1, 0.15) is 15.9 Å². The predicted molar refractivity (Wildman–Crippen MR) is 74.6 cm³/mol. The Balaban J connectivity index is 2.35. The number of carbonyl (C=O) groups is 1. The summed E-state index contributed by atoms with van der Waals surface area (Å²) in [5.41, 5.74) is 2.52. The van der Waals surface area contributed by atoms with Gasteiger partial charge >= 0.3 is 12.3 Å². The Morgan fingerprint density at radius 1 is 1.05 bits per heavy atom. The zero-order chi connectivity index (χ0) is 16.3. The zero-order valence-electron chi connectivity index (χ0n) is 11.9. The van der Waals surface area contributed by atoms with Gasteiger partial charge in [0.1, 0.15) is 5.75 Å². The van der Waals surface area contributed by atoms with E-state index in [1.165, 1.54) is 31.4 Å². The molecule has 0 bridgehead atoms. The number of carbonyl (C=O) groups excluding carboxylic acids is 1. The predicted octanol–water partition coefficient (Wildman–Crippen LogP) is 4.35. The molecule has 0 unspecified atom stereocenters. The van der Waals surface area contributed by atoms with Crippen LogP contribution in [-0.2, 0) is 4.74 Å². The van der Waals surface area contributed by atoms with E-state index < -0.39 is 12.3 Å². The lowest BCUT2D eigenvalue weighted by Crippen LogP contribution is -2.16. The van der Waals surface area contributed by atoms with E-state index in [1.54, 1.807) is 25.1 Å². The normalized spacial score (nSPS) is 11.1. The third-order valence-electron chi connectivity index (χ3n) is 3.14. The Hall–Kier alpha value is -2.50. The zero-order valence-corrected chi connectivity index (χ0v) is 11.9. The van der Waals surface area contributed by atoms with E-state index in [4.69, 9.17) is 4.74 Å². The molecule has 2 rings (SSSR count). The number of ether oxygens (including phenoxy) is 2. The molecular weight excluding hydrogens is 297 g/mol. The van der Waals surface area contributed by atoms with Crippen molar-refractivity contribution in [3.8, 4) is 16.9 Å². The highest BCUT2D eigenvalue weighted by molar-refractivity contribution is 5.93. The minimum atomic E-state index is -4.72. The van der Waals surface area contributed by atoms with Gasteiger partial charge in [-0.25, -0.2) is 4.79 Å². The molecule has 0 spiro atoms. The number of esters is 1. The fourth-order valence-corrected chi connectivity index (χ4v) is 2.12. The van der Waals surface area contributed by atoms with Gasteiger partial charge in [-0.1, -0.05) is 24.3 Å². The van der Waals surface area contributed by atoms with Gasteiger partial charge in [0.15, 0.2) is 0 Å². The Morgan fingerprint density at radius 3 is 2.23 bits per heavy atom. The van der Waals surface area contributed by atoms with E-state index in [1.807, 2.05) is 0 Å². The summed E-state index contributed by atoms with van der Waals surface area (Å²) in [6.45, 7) is 1.75. The third kappa shape index (κ3) is 3.58. The largest absolute Gasteiger partial charge is 0.573 e. The summed E-state index contributed by atoms with van der Waals surface area (Å²) in [5.74, 6) is -0.755. The lowest BCUT2D eigenvalue weighted by atomic mass is 9.96. The van der Waals surface area contributed by atoms with Crippen molar-refractivity contribution in [1.29, 1.82) is 0 Å². The molecule has 0 atom stereocenters. The van der Waals surface area contributed by atoms with Crippen LogP contribution in [0, 0.1) is 6.92 Å². The highest BCUT2D eigenvalue weighted by atomic mass is 19.4. The SMILES string of the molecule is COC(=O)c1cccc(-c2ccc(OC(F)(F)F)cc2)c1C. The highest BCUT2D eigenvalue weighted by Crippen LogP contribution is 2.29. The second-order valence-electron chi connectivity index (χ2n) is 4.54. The molecule has 116 valence electrons. The smallest absolute Gasteiger partial charge is 0.465 e. The van der Waals surface area contributed by atoms with Gasteiger partial charge < -0.3 is 9.47 Å². The van der Waals surface area contributed by atoms with Gasteiger partial charge in [-0.15, -0.1) is 13.2 Å². The van der Waals surface area contributed by atoms with Gasteiger partial charge in [0, 0.05) is 0 Å². The van der Waals surface area contributed by atoms with Crippen LogP contribution in [0.5, 0.6) is 5.75 Å². The number of alkyl halides is 3. The maximum Gasteiger partial charge on any atom is 0.573 e. The number of hydrogen-bond donors (Lipinski definition) is 0. The molecule has 0 aliphatic carbocycles. The average Bonchev–Trinajstić information content (AvgIpc) is 2.46. The van der Waals surface area contributed by atoms with Crippen LogP contribution in [0.25, 0.3) is 11.1 Å². The van der Waals surface area contributed by atoms with Crippen LogP contribution in [0.4, 0.5) is 13.2 Å². The molecule has 0 aliphatic heterocycles. The summed E-state index contributed by atoms with van der Waals surface area (Å²) in [7, 11) is 1.29. The summed E-state index contributed by atoms with van der Waals surface area (Å²) in [6.07, 6.45) is -4.72. The van der Waals surface area contributed by atoms with Crippen molar-refractivity contribution in [3.05, 3.63) is 53.6 Å². The fraction of sp³-hybridized carbons (Fsp3) is 0.188. The summed E-state index contributed by atoms with van der Waals surface area (Å²) in [4.78, 5) is 11.7. The Bertz CT molecular complexity index is 676. The summed E-state index contributed by atoms with van der Waals surface area (Å²) in [5, 5.41) is 0.